The second kappa shape index (κ2) is 6.31. The van der Waals surface area contributed by atoms with E-state index < -0.39 is 34.0 Å². The molecule has 29 heavy (non-hydrogen) atoms. The highest BCUT2D eigenvalue weighted by atomic mass is 32.2. The molecule has 2 aliphatic carbocycles. The van der Waals surface area contributed by atoms with E-state index in [0.29, 0.717) is 0 Å². The van der Waals surface area contributed by atoms with Gasteiger partial charge in [-0.25, -0.2) is 22.7 Å². The predicted molar refractivity (Wildman–Crippen MR) is 101 cm³/mol. The normalized spacial score (nSPS) is 32.2. The third kappa shape index (κ3) is 3.18. The van der Waals surface area contributed by atoms with Crippen LogP contribution in [0.3, 0.4) is 0 Å². The molecule has 2 aromatic rings. The number of anilines is 1. The van der Waals surface area contributed by atoms with Crippen molar-refractivity contribution < 1.29 is 21.6 Å². The van der Waals surface area contributed by atoms with E-state index in [1.165, 1.54) is 10.6 Å². The highest BCUT2D eigenvalue weighted by Crippen LogP contribution is 2.59. The first-order valence-corrected chi connectivity index (χ1v) is 11.3. The van der Waals surface area contributed by atoms with E-state index >= 15 is 0 Å². The SMILES string of the molecule is CN(c1ncnc2[nH]ccc12)C1CC(CS(=O)(=O)N2CC3C(C2)C3C(F)(F)F)C1. The van der Waals surface area contributed by atoms with Crippen LogP contribution in [0.5, 0.6) is 0 Å². The van der Waals surface area contributed by atoms with Crippen molar-refractivity contribution in [1.29, 1.82) is 0 Å². The molecule has 0 amide bonds. The Labute approximate surface area is 166 Å². The number of aromatic amines is 1. The van der Waals surface area contributed by atoms with Crippen LogP contribution in [0.25, 0.3) is 11.0 Å². The van der Waals surface area contributed by atoms with Crippen LogP contribution in [0.4, 0.5) is 19.0 Å². The first-order chi connectivity index (χ1) is 13.6. The van der Waals surface area contributed by atoms with E-state index in [-0.39, 0.29) is 30.8 Å². The van der Waals surface area contributed by atoms with E-state index in [9.17, 15) is 21.6 Å². The van der Waals surface area contributed by atoms with Gasteiger partial charge < -0.3 is 9.88 Å². The van der Waals surface area contributed by atoms with Crippen molar-refractivity contribution in [3.05, 3.63) is 18.6 Å². The molecule has 1 saturated heterocycles. The molecule has 7 nitrogen and oxygen atoms in total. The lowest BCUT2D eigenvalue weighted by molar-refractivity contribution is -0.156. The van der Waals surface area contributed by atoms with E-state index in [4.69, 9.17) is 0 Å². The van der Waals surface area contributed by atoms with E-state index in [0.717, 1.165) is 29.7 Å². The number of H-pyrrole nitrogens is 1. The fourth-order valence-corrected chi connectivity index (χ4v) is 6.95. The van der Waals surface area contributed by atoms with Crippen molar-refractivity contribution in [3.63, 3.8) is 0 Å². The van der Waals surface area contributed by atoms with Gasteiger partial charge in [-0.3, -0.25) is 0 Å². The van der Waals surface area contributed by atoms with Crippen molar-refractivity contribution in [2.24, 2.45) is 23.7 Å². The number of rotatable bonds is 5. The molecule has 3 aliphatic rings. The molecular weight excluding hydrogens is 407 g/mol. The van der Waals surface area contributed by atoms with Crippen molar-refractivity contribution in [2.75, 3.05) is 30.8 Å². The summed E-state index contributed by atoms with van der Waals surface area (Å²) in [6.45, 7) is 0.0271. The minimum Gasteiger partial charge on any atom is -0.356 e. The van der Waals surface area contributed by atoms with Gasteiger partial charge in [-0.1, -0.05) is 0 Å². The van der Waals surface area contributed by atoms with Crippen LogP contribution in [-0.4, -0.2) is 65.8 Å². The fraction of sp³-hybridized carbons (Fsp3) is 0.667. The Morgan fingerprint density at radius 2 is 1.93 bits per heavy atom. The molecule has 0 spiro atoms. The number of sulfonamides is 1. The zero-order valence-electron chi connectivity index (χ0n) is 15.8. The standard InChI is InChI=1S/C18H22F3N5O2S/c1-25(17-12-2-3-22-16(12)23-9-24-17)11-4-10(5-11)8-29(27,28)26-6-13-14(7-26)15(13)18(19,20)21/h2-3,9-11,13-15H,4-8H2,1H3,(H,22,23,24). The van der Waals surface area contributed by atoms with E-state index in [1.807, 2.05) is 13.1 Å². The number of hydrogen-bond donors (Lipinski definition) is 1. The Bertz CT molecular complexity index is 1020. The summed E-state index contributed by atoms with van der Waals surface area (Å²) in [5.41, 5.74) is 0.755. The van der Waals surface area contributed by atoms with Gasteiger partial charge in [0.2, 0.25) is 10.0 Å². The number of piperidine rings is 1. The van der Waals surface area contributed by atoms with Gasteiger partial charge >= 0.3 is 6.18 Å². The van der Waals surface area contributed by atoms with Gasteiger partial charge in [0.15, 0.2) is 0 Å². The van der Waals surface area contributed by atoms with E-state index in [2.05, 4.69) is 19.9 Å². The van der Waals surface area contributed by atoms with Crippen LogP contribution in [0.1, 0.15) is 12.8 Å². The Hall–Kier alpha value is -1.88. The van der Waals surface area contributed by atoms with Gasteiger partial charge in [-0.05, 0) is 36.7 Å². The van der Waals surface area contributed by atoms with Crippen LogP contribution in [0.2, 0.25) is 0 Å². The number of nitrogens with one attached hydrogen (secondary N) is 1. The quantitative estimate of drug-likeness (QED) is 0.788. The molecule has 2 atom stereocenters. The highest BCUT2D eigenvalue weighted by molar-refractivity contribution is 7.89. The first-order valence-electron chi connectivity index (χ1n) is 9.70. The summed E-state index contributed by atoms with van der Waals surface area (Å²) in [7, 11) is -1.57. The molecule has 2 unspecified atom stereocenters. The number of alkyl halides is 3. The van der Waals surface area contributed by atoms with Crippen molar-refractivity contribution in [1.82, 2.24) is 19.3 Å². The molecule has 2 aromatic heterocycles. The third-order valence-corrected chi connectivity index (χ3v) is 8.78. The fourth-order valence-electron chi connectivity index (χ4n) is 5.07. The van der Waals surface area contributed by atoms with Gasteiger partial charge in [-0.15, -0.1) is 0 Å². The molecule has 1 N–H and O–H groups in total. The Morgan fingerprint density at radius 1 is 1.24 bits per heavy atom. The van der Waals surface area contributed by atoms with Crippen LogP contribution < -0.4 is 4.90 Å². The molecule has 0 aromatic carbocycles. The third-order valence-electron chi connectivity index (χ3n) is 6.80. The molecule has 2 saturated carbocycles. The second-order valence-electron chi connectivity index (χ2n) is 8.53. The number of nitrogens with zero attached hydrogens (tertiary/aromatic N) is 4. The summed E-state index contributed by atoms with van der Waals surface area (Å²) in [6.07, 6.45) is 0.535. The molecule has 3 fully saturated rings. The molecule has 1 aliphatic heterocycles. The lowest BCUT2D eigenvalue weighted by atomic mass is 9.81. The number of fused-ring (bicyclic) bond motifs is 2. The predicted octanol–water partition coefficient (Wildman–Crippen LogP) is 2.24. The Morgan fingerprint density at radius 3 is 2.59 bits per heavy atom. The second-order valence-corrected chi connectivity index (χ2v) is 10.5. The van der Waals surface area contributed by atoms with Gasteiger partial charge in [-0.2, -0.15) is 13.2 Å². The summed E-state index contributed by atoms with van der Waals surface area (Å²) >= 11 is 0. The minimum atomic E-state index is -4.21. The van der Waals surface area contributed by atoms with Crippen molar-refractivity contribution in [2.45, 2.75) is 25.1 Å². The minimum absolute atomic E-state index is 0.0107. The Kier molecular flexibility index (Phi) is 4.16. The molecule has 158 valence electrons. The summed E-state index contributed by atoms with van der Waals surface area (Å²) in [6, 6.07) is 2.10. The smallest absolute Gasteiger partial charge is 0.356 e. The van der Waals surface area contributed by atoms with Crippen molar-refractivity contribution in [3.8, 4) is 0 Å². The van der Waals surface area contributed by atoms with Gasteiger partial charge in [0.25, 0.3) is 0 Å². The molecular formula is C18H22F3N5O2S. The van der Waals surface area contributed by atoms with E-state index in [1.54, 1.807) is 6.20 Å². The molecule has 0 bridgehead atoms. The van der Waals surface area contributed by atoms with Gasteiger partial charge in [0, 0.05) is 32.4 Å². The number of hydrogen-bond acceptors (Lipinski definition) is 5. The van der Waals surface area contributed by atoms with Crippen LogP contribution >= 0.6 is 0 Å². The highest BCUT2D eigenvalue weighted by Gasteiger charge is 2.68. The molecule has 0 radical (unpaired) electrons. The van der Waals surface area contributed by atoms with Crippen LogP contribution in [0, 0.1) is 23.7 Å². The molecule has 5 rings (SSSR count). The summed E-state index contributed by atoms with van der Waals surface area (Å²) in [4.78, 5) is 13.6. The zero-order valence-corrected chi connectivity index (χ0v) is 16.6. The van der Waals surface area contributed by atoms with Crippen LogP contribution in [-0.2, 0) is 10.0 Å². The molecule has 11 heteroatoms. The maximum absolute atomic E-state index is 12.8. The van der Waals surface area contributed by atoms with Gasteiger partial charge in [0.1, 0.15) is 17.8 Å². The molecule has 3 heterocycles. The van der Waals surface area contributed by atoms with Gasteiger partial charge in [0.05, 0.1) is 17.1 Å². The number of aromatic nitrogens is 3. The van der Waals surface area contributed by atoms with Crippen LogP contribution in [0.15, 0.2) is 18.6 Å². The first kappa shape index (κ1) is 19.1. The van der Waals surface area contributed by atoms with Crippen molar-refractivity contribution >= 4 is 26.9 Å². The lowest BCUT2D eigenvalue weighted by Crippen LogP contribution is -2.47. The zero-order chi connectivity index (χ0) is 20.6. The maximum Gasteiger partial charge on any atom is 0.392 e. The largest absolute Gasteiger partial charge is 0.392 e. The monoisotopic (exact) mass is 429 g/mol. The topological polar surface area (TPSA) is 82.2 Å². The lowest BCUT2D eigenvalue weighted by Gasteiger charge is -2.42. The number of halogens is 3. The maximum atomic E-state index is 12.8. The Balaban J connectivity index is 1.17. The average molecular weight is 429 g/mol. The summed E-state index contributed by atoms with van der Waals surface area (Å²) in [5, 5.41) is 0.918. The summed E-state index contributed by atoms with van der Waals surface area (Å²) in [5.74, 6) is -1.57. The summed E-state index contributed by atoms with van der Waals surface area (Å²) < 4.78 is 65.0. The average Bonchev–Trinajstić information content (AvgIpc) is 2.98.